The molecule has 1 aromatic carbocycles. The fraction of sp³-hybridized carbons (Fsp3) is 0.0769. The minimum atomic E-state index is -3.54. The summed E-state index contributed by atoms with van der Waals surface area (Å²) in [6.07, 6.45) is 0. The van der Waals surface area contributed by atoms with Crippen LogP contribution in [0.3, 0.4) is 0 Å². The number of thiophene rings is 1. The Balaban J connectivity index is 1.71. The van der Waals surface area contributed by atoms with Gasteiger partial charge >= 0.3 is 0 Å². The lowest BCUT2D eigenvalue weighted by atomic mass is 10.2. The maximum atomic E-state index is 12.9. The fourth-order valence-electron chi connectivity index (χ4n) is 1.75. The smallest absolute Gasteiger partial charge is 0.250 e. The number of nitrogens with one attached hydrogen (secondary N) is 2. The van der Waals surface area contributed by atoms with Gasteiger partial charge in [-0.25, -0.2) is 22.5 Å². The highest BCUT2D eigenvalue weighted by Gasteiger charge is 2.15. The van der Waals surface area contributed by atoms with Crippen molar-refractivity contribution in [2.45, 2.75) is 10.8 Å². The molecule has 2 aromatic heterocycles. The summed E-state index contributed by atoms with van der Waals surface area (Å²) in [6.45, 7) is -0.00553. The summed E-state index contributed by atoms with van der Waals surface area (Å²) < 4.78 is 39.5. The molecule has 0 fully saturated rings. The van der Waals surface area contributed by atoms with Crippen LogP contribution >= 0.6 is 11.3 Å². The summed E-state index contributed by atoms with van der Waals surface area (Å²) in [4.78, 5) is 4.18. The molecule has 0 atom stereocenters. The standard InChI is InChI=1S/C13H11FN4O2S2/c14-10-5-3-9(4-6-10)13-16-11(17-18-13)8-15-22(19,20)12-2-1-7-21-12/h1-7,15H,8H2,(H,16,17,18). The van der Waals surface area contributed by atoms with E-state index in [0.717, 1.165) is 11.3 Å². The van der Waals surface area contributed by atoms with E-state index in [2.05, 4.69) is 19.9 Å². The van der Waals surface area contributed by atoms with Gasteiger partial charge in [-0.05, 0) is 35.7 Å². The van der Waals surface area contributed by atoms with Gasteiger partial charge in [0.15, 0.2) is 5.82 Å². The lowest BCUT2D eigenvalue weighted by Crippen LogP contribution is -2.23. The summed E-state index contributed by atoms with van der Waals surface area (Å²) in [7, 11) is -3.54. The van der Waals surface area contributed by atoms with E-state index >= 15 is 0 Å². The molecule has 114 valence electrons. The monoisotopic (exact) mass is 338 g/mol. The lowest BCUT2D eigenvalue weighted by Gasteiger charge is -2.01. The molecule has 0 aliphatic carbocycles. The summed E-state index contributed by atoms with van der Waals surface area (Å²) >= 11 is 1.14. The summed E-state index contributed by atoms with van der Waals surface area (Å²) in [5.74, 6) is 0.410. The summed E-state index contributed by atoms with van der Waals surface area (Å²) in [5.41, 5.74) is 0.644. The molecule has 0 bridgehead atoms. The normalized spacial score (nSPS) is 11.7. The van der Waals surface area contributed by atoms with Crippen LogP contribution in [0, 0.1) is 5.82 Å². The number of hydrogen-bond acceptors (Lipinski definition) is 5. The maximum Gasteiger partial charge on any atom is 0.250 e. The number of rotatable bonds is 5. The van der Waals surface area contributed by atoms with E-state index in [1.807, 2.05) is 0 Å². The van der Waals surface area contributed by atoms with E-state index in [1.54, 1.807) is 23.6 Å². The van der Waals surface area contributed by atoms with Crippen LogP contribution in [-0.4, -0.2) is 23.6 Å². The van der Waals surface area contributed by atoms with Crippen LogP contribution in [0.15, 0.2) is 46.0 Å². The Kier molecular flexibility index (Phi) is 4.01. The lowest BCUT2D eigenvalue weighted by molar-refractivity contribution is 0.581. The van der Waals surface area contributed by atoms with Crippen molar-refractivity contribution in [1.29, 1.82) is 0 Å². The minimum absolute atomic E-state index is 0.00553. The molecule has 0 saturated carbocycles. The predicted octanol–water partition coefficient (Wildman–Crippen LogP) is 2.15. The van der Waals surface area contributed by atoms with Crippen LogP contribution in [0.4, 0.5) is 4.39 Å². The molecule has 9 heteroatoms. The van der Waals surface area contributed by atoms with Crippen LogP contribution in [0.25, 0.3) is 11.4 Å². The zero-order valence-corrected chi connectivity index (χ0v) is 12.8. The number of sulfonamides is 1. The van der Waals surface area contributed by atoms with Crippen molar-refractivity contribution in [2.24, 2.45) is 0 Å². The van der Waals surface area contributed by atoms with Crippen molar-refractivity contribution in [1.82, 2.24) is 19.9 Å². The third kappa shape index (κ3) is 3.21. The highest BCUT2D eigenvalue weighted by atomic mass is 32.2. The number of nitrogens with zero attached hydrogens (tertiary/aromatic N) is 2. The average Bonchev–Trinajstić information content (AvgIpc) is 3.18. The van der Waals surface area contributed by atoms with E-state index in [0.29, 0.717) is 17.2 Å². The Morgan fingerprint density at radius 1 is 1.23 bits per heavy atom. The predicted molar refractivity (Wildman–Crippen MR) is 80.1 cm³/mol. The Bertz CT molecular complexity index is 858. The number of H-pyrrole nitrogens is 1. The first kappa shape index (κ1) is 14.8. The third-order valence-corrected chi connectivity index (χ3v) is 5.62. The average molecular weight is 338 g/mol. The fourth-order valence-corrected chi connectivity index (χ4v) is 3.78. The van der Waals surface area contributed by atoms with Crippen LogP contribution in [0.5, 0.6) is 0 Å². The van der Waals surface area contributed by atoms with Crippen molar-refractivity contribution < 1.29 is 12.8 Å². The van der Waals surface area contributed by atoms with Gasteiger partial charge < -0.3 is 0 Å². The van der Waals surface area contributed by atoms with Gasteiger partial charge in [-0.15, -0.1) is 11.3 Å². The summed E-state index contributed by atoms with van der Waals surface area (Å²) in [6, 6.07) is 8.92. The van der Waals surface area contributed by atoms with Crippen LogP contribution in [0.1, 0.15) is 5.82 Å². The maximum absolute atomic E-state index is 12.9. The van der Waals surface area contributed by atoms with Gasteiger partial charge in [0.25, 0.3) is 0 Å². The highest BCUT2D eigenvalue weighted by molar-refractivity contribution is 7.91. The van der Waals surface area contributed by atoms with Crippen LogP contribution in [0.2, 0.25) is 0 Å². The zero-order valence-electron chi connectivity index (χ0n) is 11.2. The molecule has 3 aromatic rings. The van der Waals surface area contributed by atoms with Gasteiger partial charge in [-0.1, -0.05) is 6.07 Å². The molecule has 6 nitrogen and oxygen atoms in total. The Morgan fingerprint density at radius 2 is 2.00 bits per heavy atom. The molecule has 0 aliphatic heterocycles. The number of hydrogen-bond donors (Lipinski definition) is 2. The van der Waals surface area contributed by atoms with E-state index in [-0.39, 0.29) is 16.6 Å². The van der Waals surface area contributed by atoms with Crippen LogP contribution < -0.4 is 4.72 Å². The zero-order chi connectivity index (χ0) is 15.6. The molecule has 0 radical (unpaired) electrons. The molecule has 2 N–H and O–H groups in total. The first-order chi connectivity index (χ1) is 10.5. The highest BCUT2D eigenvalue weighted by Crippen LogP contribution is 2.17. The third-order valence-electron chi connectivity index (χ3n) is 2.82. The van der Waals surface area contributed by atoms with E-state index < -0.39 is 10.0 Å². The molecular weight excluding hydrogens is 327 g/mol. The largest absolute Gasteiger partial charge is 0.262 e. The second kappa shape index (κ2) is 5.95. The molecule has 0 spiro atoms. The molecule has 22 heavy (non-hydrogen) atoms. The van der Waals surface area contributed by atoms with Gasteiger partial charge in [0.2, 0.25) is 10.0 Å². The molecule has 0 amide bonds. The first-order valence-electron chi connectivity index (χ1n) is 6.25. The second-order valence-electron chi connectivity index (χ2n) is 4.37. The van der Waals surface area contributed by atoms with Crippen molar-refractivity contribution in [3.8, 4) is 11.4 Å². The van der Waals surface area contributed by atoms with Gasteiger partial charge in [0.1, 0.15) is 15.9 Å². The number of benzene rings is 1. The van der Waals surface area contributed by atoms with Crippen LogP contribution in [-0.2, 0) is 16.6 Å². The van der Waals surface area contributed by atoms with E-state index in [1.165, 1.54) is 18.2 Å². The van der Waals surface area contributed by atoms with Crippen molar-refractivity contribution in [3.05, 3.63) is 53.4 Å². The molecule has 0 unspecified atom stereocenters. The molecule has 3 rings (SSSR count). The molecule has 0 aliphatic rings. The Labute approximate surface area is 130 Å². The summed E-state index contributed by atoms with van der Waals surface area (Å²) in [5, 5.41) is 8.34. The first-order valence-corrected chi connectivity index (χ1v) is 8.61. The Hall–Kier alpha value is -2.10. The van der Waals surface area contributed by atoms with Gasteiger partial charge in [0.05, 0.1) is 6.54 Å². The van der Waals surface area contributed by atoms with Crippen molar-refractivity contribution in [3.63, 3.8) is 0 Å². The van der Waals surface area contributed by atoms with Crippen molar-refractivity contribution in [2.75, 3.05) is 0 Å². The quantitative estimate of drug-likeness (QED) is 0.746. The minimum Gasteiger partial charge on any atom is -0.262 e. The SMILES string of the molecule is O=S(=O)(NCc1nc(-c2ccc(F)cc2)n[nH]1)c1cccs1. The number of halogens is 1. The van der Waals surface area contributed by atoms with E-state index in [9.17, 15) is 12.8 Å². The topological polar surface area (TPSA) is 87.7 Å². The molecular formula is C13H11FN4O2S2. The van der Waals surface area contributed by atoms with Gasteiger partial charge in [-0.2, -0.15) is 5.10 Å². The molecule has 0 saturated heterocycles. The van der Waals surface area contributed by atoms with Gasteiger partial charge in [-0.3, -0.25) is 5.10 Å². The second-order valence-corrected chi connectivity index (χ2v) is 7.31. The van der Waals surface area contributed by atoms with E-state index in [4.69, 9.17) is 0 Å². The van der Waals surface area contributed by atoms with Crippen molar-refractivity contribution >= 4 is 21.4 Å². The molecule has 2 heterocycles. The van der Waals surface area contributed by atoms with Gasteiger partial charge in [0, 0.05) is 5.56 Å². The number of aromatic nitrogens is 3. The Morgan fingerprint density at radius 3 is 2.68 bits per heavy atom. The number of aromatic amines is 1.